The van der Waals surface area contributed by atoms with Crippen LogP contribution in [0.25, 0.3) is 0 Å². The van der Waals surface area contributed by atoms with Gasteiger partial charge in [-0.25, -0.2) is 0 Å². The molecule has 0 unspecified atom stereocenters. The monoisotopic (exact) mass is 426 g/mol. The number of para-hydroxylation sites is 2. The van der Waals surface area contributed by atoms with Crippen LogP contribution >= 0.6 is 17.9 Å². The molecule has 0 aliphatic heterocycles. The van der Waals surface area contributed by atoms with Gasteiger partial charge in [-0.2, -0.15) is 0 Å². The van der Waals surface area contributed by atoms with Crippen molar-refractivity contribution in [1.29, 1.82) is 0 Å². The number of ether oxygens (including phenoxy) is 2. The molecular weight excluding hydrogens is 399 g/mol. The predicted octanol–water partition coefficient (Wildman–Crippen LogP) is 5.73. The van der Waals surface area contributed by atoms with E-state index in [0.29, 0.717) is 26.4 Å². The highest BCUT2D eigenvalue weighted by Crippen LogP contribution is 2.53. The number of benzene rings is 2. The number of rotatable bonds is 12. The van der Waals surface area contributed by atoms with E-state index in [4.69, 9.17) is 30.3 Å². The van der Waals surface area contributed by atoms with Gasteiger partial charge in [-0.05, 0) is 48.9 Å². The summed E-state index contributed by atoms with van der Waals surface area (Å²) in [6, 6.07) is 15.9. The molecule has 2 rings (SSSR count). The zero-order valence-corrected chi connectivity index (χ0v) is 18.4. The lowest BCUT2D eigenvalue weighted by atomic mass is 10.2. The number of hydrogen-bond acceptors (Lipinski definition) is 5. The van der Waals surface area contributed by atoms with Gasteiger partial charge < -0.3 is 18.5 Å². The molecule has 148 valence electrons. The molecule has 7 heteroatoms. The summed E-state index contributed by atoms with van der Waals surface area (Å²) >= 11 is 9.68. The van der Waals surface area contributed by atoms with Crippen LogP contribution in [-0.4, -0.2) is 26.4 Å². The molecule has 0 bridgehead atoms. The van der Waals surface area contributed by atoms with E-state index in [1.54, 1.807) is 0 Å². The van der Waals surface area contributed by atoms with Crippen LogP contribution in [0, 0.1) is 13.8 Å². The van der Waals surface area contributed by atoms with Gasteiger partial charge in [-0.15, -0.1) is 0 Å². The first-order valence-corrected chi connectivity index (χ1v) is 12.8. The summed E-state index contributed by atoms with van der Waals surface area (Å²) in [5, 5.41) is 0. The molecule has 0 aliphatic rings. The van der Waals surface area contributed by atoms with Crippen LogP contribution in [0.4, 0.5) is 0 Å². The van der Waals surface area contributed by atoms with Crippen LogP contribution in [-0.2, 0) is 20.9 Å². The fraction of sp³-hybridized carbons (Fsp3) is 0.400. The zero-order chi connectivity index (χ0) is 19.5. The summed E-state index contributed by atoms with van der Waals surface area (Å²) < 4.78 is 22.7. The summed E-state index contributed by atoms with van der Waals surface area (Å²) in [5.74, 6) is 1.79. The third-order valence-corrected chi connectivity index (χ3v) is 6.13. The Kier molecular flexibility index (Phi) is 9.66. The Hall–Kier alpha value is -1.04. The molecule has 0 fully saturated rings. The Balaban J connectivity index is 1.55. The van der Waals surface area contributed by atoms with Crippen molar-refractivity contribution < 1.29 is 18.5 Å². The van der Waals surface area contributed by atoms with Gasteiger partial charge in [0.2, 0.25) is 5.69 Å². The van der Waals surface area contributed by atoms with Crippen LogP contribution in [0.3, 0.4) is 0 Å². The van der Waals surface area contributed by atoms with E-state index in [9.17, 15) is 0 Å². The van der Waals surface area contributed by atoms with Crippen molar-refractivity contribution in [3.05, 3.63) is 59.7 Å². The molecule has 0 aromatic heterocycles. The Morgan fingerprint density at radius 2 is 1.15 bits per heavy atom. The predicted molar refractivity (Wildman–Crippen MR) is 118 cm³/mol. The SMILES string of the molecule is Cc1ccccc1OCCCOP(=S)(S)OCCCOc1ccccc1C. The summed E-state index contributed by atoms with van der Waals surface area (Å²) in [6.45, 7) is 6.11. The van der Waals surface area contributed by atoms with Crippen LogP contribution in [0.15, 0.2) is 48.5 Å². The Bertz CT molecular complexity index is 695. The van der Waals surface area contributed by atoms with Crippen LogP contribution in [0.1, 0.15) is 24.0 Å². The van der Waals surface area contributed by atoms with Crippen molar-refractivity contribution in [2.24, 2.45) is 0 Å². The fourth-order valence-corrected chi connectivity index (χ4v) is 4.05. The molecule has 27 heavy (non-hydrogen) atoms. The maximum Gasteiger partial charge on any atom is 0.244 e. The van der Waals surface area contributed by atoms with E-state index < -0.39 is 5.69 Å². The molecule has 2 aromatic carbocycles. The lowest BCUT2D eigenvalue weighted by Gasteiger charge is -2.17. The largest absolute Gasteiger partial charge is 0.493 e. The minimum atomic E-state index is -2.52. The molecule has 2 aromatic rings. The summed E-state index contributed by atoms with van der Waals surface area (Å²) in [4.78, 5) is 0. The average molecular weight is 427 g/mol. The number of hydrogen-bond donors (Lipinski definition) is 1. The molecule has 0 atom stereocenters. The first kappa shape index (κ1) is 22.3. The number of aryl methyl sites for hydroxylation is 2. The lowest BCUT2D eigenvalue weighted by Crippen LogP contribution is -2.05. The highest BCUT2D eigenvalue weighted by Gasteiger charge is 2.12. The normalized spacial score (nSPS) is 11.4. The molecule has 0 saturated heterocycles. The van der Waals surface area contributed by atoms with Gasteiger partial charge in [0.15, 0.2) is 0 Å². The van der Waals surface area contributed by atoms with Gasteiger partial charge in [0.25, 0.3) is 0 Å². The minimum Gasteiger partial charge on any atom is -0.493 e. The molecule has 0 aliphatic carbocycles. The maximum absolute atomic E-state index is 5.73. The van der Waals surface area contributed by atoms with Crippen molar-refractivity contribution >= 4 is 29.7 Å². The van der Waals surface area contributed by atoms with Crippen molar-refractivity contribution in [2.75, 3.05) is 26.4 Å². The smallest absolute Gasteiger partial charge is 0.244 e. The first-order valence-electron chi connectivity index (χ1n) is 8.97. The van der Waals surface area contributed by atoms with E-state index >= 15 is 0 Å². The van der Waals surface area contributed by atoms with E-state index in [-0.39, 0.29) is 0 Å². The molecule has 0 amide bonds. The van der Waals surface area contributed by atoms with Crippen LogP contribution in [0.5, 0.6) is 11.5 Å². The van der Waals surface area contributed by atoms with Crippen molar-refractivity contribution in [3.8, 4) is 11.5 Å². The van der Waals surface area contributed by atoms with Crippen LogP contribution < -0.4 is 9.47 Å². The van der Waals surface area contributed by atoms with E-state index in [0.717, 1.165) is 35.5 Å². The standard InChI is InChI=1S/C20H27O4PS2/c1-17-9-3-5-11-19(17)21-13-7-15-23-25(26,27)24-16-8-14-22-20-12-6-4-10-18(20)2/h3-6,9-12H,7-8,13-16H2,1-2H3,(H,26,27). The van der Waals surface area contributed by atoms with Gasteiger partial charge in [0.05, 0.1) is 26.4 Å². The summed E-state index contributed by atoms with van der Waals surface area (Å²) in [6.07, 6.45) is 1.46. The van der Waals surface area contributed by atoms with Gasteiger partial charge in [-0.1, -0.05) is 48.6 Å². The maximum atomic E-state index is 5.73. The molecule has 0 saturated carbocycles. The molecule has 4 nitrogen and oxygen atoms in total. The van der Waals surface area contributed by atoms with Gasteiger partial charge >= 0.3 is 0 Å². The quantitative estimate of drug-likeness (QED) is 0.267. The van der Waals surface area contributed by atoms with E-state index in [1.165, 1.54) is 0 Å². The second-order valence-corrected chi connectivity index (χ2v) is 11.4. The molecule has 0 N–H and O–H groups in total. The Labute approximate surface area is 172 Å². The summed E-state index contributed by atoms with van der Waals surface area (Å²) in [7, 11) is 0. The summed E-state index contributed by atoms with van der Waals surface area (Å²) in [5.41, 5.74) is -0.280. The van der Waals surface area contributed by atoms with E-state index in [2.05, 4.69) is 12.2 Å². The lowest BCUT2D eigenvalue weighted by molar-refractivity contribution is 0.214. The van der Waals surface area contributed by atoms with Gasteiger partial charge in [-0.3, -0.25) is 0 Å². The van der Waals surface area contributed by atoms with Crippen LogP contribution in [0.2, 0.25) is 0 Å². The second-order valence-electron chi connectivity index (χ2n) is 6.07. The average Bonchev–Trinajstić information content (AvgIpc) is 2.64. The molecule has 0 heterocycles. The van der Waals surface area contributed by atoms with E-state index in [1.807, 2.05) is 62.4 Å². The molecular formula is C20H27O4PS2. The van der Waals surface area contributed by atoms with Gasteiger partial charge in [0.1, 0.15) is 11.5 Å². The highest BCUT2D eigenvalue weighted by atomic mass is 32.9. The fourth-order valence-electron chi connectivity index (χ4n) is 2.32. The Morgan fingerprint density at radius 3 is 1.56 bits per heavy atom. The van der Waals surface area contributed by atoms with Crippen molar-refractivity contribution in [1.82, 2.24) is 0 Å². The van der Waals surface area contributed by atoms with Gasteiger partial charge in [0, 0.05) is 12.8 Å². The second kappa shape index (κ2) is 11.7. The van der Waals surface area contributed by atoms with Crippen molar-refractivity contribution in [3.63, 3.8) is 0 Å². The number of thiol groups is 1. The zero-order valence-electron chi connectivity index (χ0n) is 15.8. The third-order valence-electron chi connectivity index (χ3n) is 3.79. The molecule has 0 spiro atoms. The molecule has 0 radical (unpaired) electrons. The highest BCUT2D eigenvalue weighted by molar-refractivity contribution is 8.60. The first-order chi connectivity index (χ1) is 13.0. The Morgan fingerprint density at radius 1 is 0.741 bits per heavy atom. The topological polar surface area (TPSA) is 36.9 Å². The third kappa shape index (κ3) is 8.67. The van der Waals surface area contributed by atoms with Crippen molar-refractivity contribution in [2.45, 2.75) is 26.7 Å². The minimum absolute atomic E-state index is 0.465.